The van der Waals surface area contributed by atoms with Gasteiger partial charge in [0.05, 0.1) is 5.97 Å². The molecule has 0 aliphatic heterocycles. The number of benzene rings is 1. The van der Waals surface area contributed by atoms with Crippen molar-refractivity contribution in [2.24, 2.45) is 0 Å². The molecule has 1 aromatic carbocycles. The van der Waals surface area contributed by atoms with E-state index in [1.165, 1.54) is 0 Å². The molecule has 0 aromatic heterocycles. The number of carboxylic acids is 1. The number of hydrogen-bond acceptors (Lipinski definition) is 3. The Morgan fingerprint density at radius 3 is 2.47 bits per heavy atom. The first-order chi connectivity index (χ1) is 6.74. The monoisotopic (exact) mass is 231 g/mol. The molecule has 0 aliphatic rings. The first-order valence-corrected chi connectivity index (χ1v) is 4.72. The van der Waals surface area contributed by atoms with Crippen molar-refractivity contribution < 1.29 is 61.3 Å². The zero-order chi connectivity index (χ0) is 10.4. The van der Waals surface area contributed by atoms with Gasteiger partial charge in [-0.05, 0) is 12.0 Å². The van der Waals surface area contributed by atoms with Crippen LogP contribution in [-0.2, 0) is 11.3 Å². The van der Waals surface area contributed by atoms with Crippen molar-refractivity contribution in [2.75, 3.05) is 0 Å². The number of carboxylic acid groups (broad SMARTS) is 1. The van der Waals surface area contributed by atoms with Crippen molar-refractivity contribution in [3.05, 3.63) is 35.9 Å². The second kappa shape index (κ2) is 8.44. The van der Waals surface area contributed by atoms with Crippen LogP contribution in [0.2, 0.25) is 0 Å². The number of hydrogen-bond donors (Lipinski definition) is 1. The predicted octanol–water partition coefficient (Wildman–Crippen LogP) is -2.69. The molecule has 15 heavy (non-hydrogen) atoms. The first-order valence-electron chi connectivity index (χ1n) is 4.72. The summed E-state index contributed by atoms with van der Waals surface area (Å²) in [5.74, 6) is -1.04. The van der Waals surface area contributed by atoms with Crippen LogP contribution >= 0.6 is 0 Å². The molecule has 0 bridgehead atoms. The maximum Gasteiger partial charge on any atom is 1.00 e. The van der Waals surface area contributed by atoms with Gasteiger partial charge in [0.2, 0.25) is 0 Å². The van der Waals surface area contributed by atoms with E-state index in [4.69, 9.17) is 0 Å². The van der Waals surface area contributed by atoms with E-state index in [9.17, 15) is 9.90 Å². The van der Waals surface area contributed by atoms with Crippen LogP contribution < -0.4 is 61.8 Å². The summed E-state index contributed by atoms with van der Waals surface area (Å²) in [4.78, 5) is 10.6. The molecule has 3 nitrogen and oxygen atoms in total. The molecule has 0 saturated heterocycles. The maximum absolute atomic E-state index is 10.6. The number of carbonyl (C=O) groups excluding carboxylic acids is 1. The third-order valence-electron chi connectivity index (χ3n) is 2.09. The number of nitrogens with one attached hydrogen (secondary N) is 1. The standard InChI is InChI=1S/C11H15NO2.K/c1-2-10(11(13)14)12-8-9-6-4-3-5-7-9;/h3-7,10,12H,2,8H2,1H3,(H,13,14);/q;+1/p-1. The Morgan fingerprint density at radius 2 is 2.00 bits per heavy atom. The van der Waals surface area contributed by atoms with Crippen LogP contribution in [0.25, 0.3) is 0 Å². The molecule has 1 atom stereocenters. The summed E-state index contributed by atoms with van der Waals surface area (Å²) in [6.45, 7) is 2.38. The second-order valence-electron chi connectivity index (χ2n) is 3.15. The molecular formula is C11H14KNO2. The Morgan fingerprint density at radius 1 is 1.40 bits per heavy atom. The first kappa shape index (κ1) is 15.3. The Balaban J connectivity index is 0.00000196. The SMILES string of the molecule is CCC(NCc1ccccc1)C(=O)[O-].[K+]. The van der Waals surface area contributed by atoms with Gasteiger partial charge in [0.25, 0.3) is 0 Å². The molecule has 0 radical (unpaired) electrons. The van der Waals surface area contributed by atoms with E-state index in [1.807, 2.05) is 37.3 Å². The van der Waals surface area contributed by atoms with Gasteiger partial charge in [-0.15, -0.1) is 0 Å². The van der Waals surface area contributed by atoms with Crippen molar-refractivity contribution in [3.8, 4) is 0 Å². The Labute approximate surface area is 133 Å². The maximum atomic E-state index is 10.6. The van der Waals surface area contributed by atoms with Crippen molar-refractivity contribution >= 4 is 5.97 Å². The summed E-state index contributed by atoms with van der Waals surface area (Å²) >= 11 is 0. The summed E-state index contributed by atoms with van der Waals surface area (Å²) in [7, 11) is 0. The molecular weight excluding hydrogens is 217 g/mol. The average molecular weight is 231 g/mol. The molecule has 1 N–H and O–H groups in total. The van der Waals surface area contributed by atoms with E-state index >= 15 is 0 Å². The van der Waals surface area contributed by atoms with Crippen LogP contribution in [-0.4, -0.2) is 12.0 Å². The Kier molecular flexibility index (Phi) is 8.60. The topological polar surface area (TPSA) is 52.2 Å². The molecule has 76 valence electrons. The van der Waals surface area contributed by atoms with Crippen LogP contribution in [0.3, 0.4) is 0 Å². The number of aliphatic carboxylic acids is 1. The fourth-order valence-electron chi connectivity index (χ4n) is 1.23. The van der Waals surface area contributed by atoms with Crippen molar-refractivity contribution in [1.82, 2.24) is 5.32 Å². The summed E-state index contributed by atoms with van der Waals surface area (Å²) in [6.07, 6.45) is 0.537. The third-order valence-corrected chi connectivity index (χ3v) is 2.09. The normalized spacial score (nSPS) is 11.5. The van der Waals surface area contributed by atoms with Crippen LogP contribution in [0, 0.1) is 0 Å². The molecule has 0 saturated carbocycles. The minimum Gasteiger partial charge on any atom is -0.548 e. The number of carbonyl (C=O) groups is 1. The van der Waals surface area contributed by atoms with Crippen LogP contribution in [0.5, 0.6) is 0 Å². The van der Waals surface area contributed by atoms with Gasteiger partial charge >= 0.3 is 51.4 Å². The van der Waals surface area contributed by atoms with Crippen LogP contribution in [0.4, 0.5) is 0 Å². The van der Waals surface area contributed by atoms with Crippen molar-refractivity contribution in [3.63, 3.8) is 0 Å². The van der Waals surface area contributed by atoms with Gasteiger partial charge in [-0.25, -0.2) is 0 Å². The smallest absolute Gasteiger partial charge is 0.548 e. The van der Waals surface area contributed by atoms with Gasteiger partial charge in [0, 0.05) is 12.6 Å². The van der Waals surface area contributed by atoms with Gasteiger partial charge in [-0.2, -0.15) is 0 Å². The van der Waals surface area contributed by atoms with Gasteiger partial charge < -0.3 is 15.2 Å². The van der Waals surface area contributed by atoms with E-state index in [1.54, 1.807) is 0 Å². The predicted molar refractivity (Wildman–Crippen MR) is 52.4 cm³/mol. The van der Waals surface area contributed by atoms with E-state index < -0.39 is 12.0 Å². The molecule has 0 amide bonds. The van der Waals surface area contributed by atoms with Crippen LogP contribution in [0.1, 0.15) is 18.9 Å². The number of rotatable bonds is 5. The quantitative estimate of drug-likeness (QED) is 0.562. The minimum atomic E-state index is -1.04. The minimum absolute atomic E-state index is 0. The Hall–Kier alpha value is 0.286. The molecule has 1 rings (SSSR count). The fraction of sp³-hybridized carbons (Fsp3) is 0.364. The zero-order valence-corrected chi connectivity index (χ0v) is 12.3. The van der Waals surface area contributed by atoms with E-state index in [2.05, 4.69) is 5.32 Å². The molecule has 0 aliphatic carbocycles. The van der Waals surface area contributed by atoms with Gasteiger partial charge in [-0.1, -0.05) is 37.3 Å². The van der Waals surface area contributed by atoms with Gasteiger partial charge in [0.1, 0.15) is 0 Å². The summed E-state index contributed by atoms with van der Waals surface area (Å²) in [5, 5.41) is 13.5. The van der Waals surface area contributed by atoms with Crippen LogP contribution in [0.15, 0.2) is 30.3 Å². The molecule has 0 spiro atoms. The van der Waals surface area contributed by atoms with Gasteiger partial charge in [0.15, 0.2) is 0 Å². The largest absolute Gasteiger partial charge is 1.00 e. The summed E-state index contributed by atoms with van der Waals surface area (Å²) < 4.78 is 0. The van der Waals surface area contributed by atoms with Gasteiger partial charge in [-0.3, -0.25) is 0 Å². The average Bonchev–Trinajstić information content (AvgIpc) is 2.20. The van der Waals surface area contributed by atoms with E-state index in [0.29, 0.717) is 13.0 Å². The molecule has 4 heteroatoms. The molecule has 1 unspecified atom stereocenters. The van der Waals surface area contributed by atoms with Crippen molar-refractivity contribution in [1.29, 1.82) is 0 Å². The third kappa shape index (κ3) is 5.80. The zero-order valence-electron chi connectivity index (χ0n) is 9.19. The second-order valence-corrected chi connectivity index (χ2v) is 3.15. The molecule has 1 aromatic rings. The fourth-order valence-corrected chi connectivity index (χ4v) is 1.23. The molecule has 0 fully saturated rings. The van der Waals surface area contributed by atoms with E-state index in [-0.39, 0.29) is 51.4 Å². The summed E-state index contributed by atoms with van der Waals surface area (Å²) in [5.41, 5.74) is 1.08. The summed E-state index contributed by atoms with van der Waals surface area (Å²) in [6, 6.07) is 9.13. The Bertz CT molecular complexity index is 290. The van der Waals surface area contributed by atoms with E-state index in [0.717, 1.165) is 5.56 Å². The molecule has 0 heterocycles. The van der Waals surface area contributed by atoms with Crippen molar-refractivity contribution in [2.45, 2.75) is 25.9 Å².